The molecule has 1 N–H and O–H groups in total. The molecule has 1 atom stereocenters. The summed E-state index contributed by atoms with van der Waals surface area (Å²) in [6.45, 7) is 1.34. The van der Waals surface area contributed by atoms with E-state index in [2.05, 4.69) is 15.6 Å². The highest BCUT2D eigenvalue weighted by molar-refractivity contribution is 7.59. The van der Waals surface area contributed by atoms with Gasteiger partial charge in [-0.05, 0) is 36.8 Å². The molecule has 38 heavy (non-hydrogen) atoms. The molecule has 4 rings (SSSR count). The lowest BCUT2D eigenvalue weighted by Gasteiger charge is -2.20. The van der Waals surface area contributed by atoms with Gasteiger partial charge in [0.15, 0.2) is 11.5 Å². The van der Waals surface area contributed by atoms with Crippen molar-refractivity contribution in [2.75, 3.05) is 12.4 Å². The van der Waals surface area contributed by atoms with Crippen LogP contribution in [0.2, 0.25) is 0 Å². The zero-order chi connectivity index (χ0) is 27.0. The summed E-state index contributed by atoms with van der Waals surface area (Å²) in [5, 5.41) is 10.2. The molecule has 202 valence electrons. The monoisotopic (exact) mass is 558 g/mol. The number of carbonyl (C=O) groups is 1. The zero-order valence-electron chi connectivity index (χ0n) is 19.7. The van der Waals surface area contributed by atoms with Crippen LogP contribution in [0.3, 0.4) is 0 Å². The second kappa shape index (κ2) is 10.8. The van der Waals surface area contributed by atoms with E-state index in [9.17, 15) is 31.1 Å². The third kappa shape index (κ3) is 5.96. The quantitative estimate of drug-likeness (QED) is 0.271. The lowest BCUT2D eigenvalue weighted by Crippen LogP contribution is -2.17. The second-order valence-corrected chi connectivity index (χ2v) is 7.91. The fourth-order valence-corrected chi connectivity index (χ4v) is 3.65. The van der Waals surface area contributed by atoms with E-state index in [1.54, 1.807) is 24.3 Å². The first-order valence-electron chi connectivity index (χ1n) is 10.6. The first-order chi connectivity index (χ1) is 17.4. The molecule has 2 aromatic heterocycles. The van der Waals surface area contributed by atoms with Crippen molar-refractivity contribution in [2.45, 2.75) is 25.3 Å². The first kappa shape index (κ1) is 28.6. The number of methoxy groups -OCH3 is 1. The van der Waals surface area contributed by atoms with Gasteiger partial charge in [0.25, 0.3) is 5.91 Å². The van der Waals surface area contributed by atoms with Crippen LogP contribution in [0.5, 0.6) is 5.75 Å². The molecule has 0 saturated heterocycles. The van der Waals surface area contributed by atoms with E-state index >= 15 is 0 Å². The Hall–Kier alpha value is -3.94. The molecule has 0 aliphatic rings. The Bertz CT molecular complexity index is 1430. The Kier molecular flexibility index (Phi) is 8.15. The van der Waals surface area contributed by atoms with E-state index in [1.165, 1.54) is 32.5 Å². The van der Waals surface area contributed by atoms with Gasteiger partial charge in [-0.3, -0.25) is 9.48 Å². The maximum atomic E-state index is 13.6. The van der Waals surface area contributed by atoms with Crippen molar-refractivity contribution in [2.24, 2.45) is 0 Å². The van der Waals surface area contributed by atoms with Crippen LogP contribution >= 0.6 is 13.5 Å². The summed E-state index contributed by atoms with van der Waals surface area (Å²) in [5.41, 5.74) is -2.65. The molecule has 0 bridgehead atoms. The molecule has 7 nitrogen and oxygen atoms in total. The summed E-state index contributed by atoms with van der Waals surface area (Å²) in [4.78, 5) is 12.6. The van der Waals surface area contributed by atoms with Gasteiger partial charge >= 0.3 is 12.4 Å². The molecular weight excluding hydrogens is 538 g/mol. The summed E-state index contributed by atoms with van der Waals surface area (Å²) in [6, 6.07) is 8.62. The smallest absolute Gasteiger partial charge is 0.416 e. The standard InChI is InChI=1S/C24H18F6N4O3.H2S/c1-13(16-8-7-14(23(25,26)27)9-18(16)24(28,29)30)34-12-15(11-31-34)32-22(35)19-10-21(37-33-19)17-5-3-4-6-20(17)36-2;/h3-13H,1-2H3,(H,32,35);1H2/t13-;/m0./s1. The number of anilines is 1. The van der Waals surface area contributed by atoms with E-state index in [0.717, 1.165) is 10.7 Å². The fraction of sp³-hybridized carbons (Fsp3) is 0.208. The Morgan fingerprint density at radius 2 is 1.76 bits per heavy atom. The minimum absolute atomic E-state index is 0. The van der Waals surface area contributed by atoms with Crippen LogP contribution in [-0.4, -0.2) is 28.0 Å². The highest BCUT2D eigenvalue weighted by Gasteiger charge is 2.39. The molecule has 0 unspecified atom stereocenters. The van der Waals surface area contributed by atoms with Crippen LogP contribution < -0.4 is 10.1 Å². The zero-order valence-corrected chi connectivity index (χ0v) is 20.7. The highest BCUT2D eigenvalue weighted by atomic mass is 32.1. The van der Waals surface area contributed by atoms with E-state index in [-0.39, 0.29) is 36.7 Å². The van der Waals surface area contributed by atoms with Crippen LogP contribution in [0.4, 0.5) is 32.0 Å². The Morgan fingerprint density at radius 3 is 2.42 bits per heavy atom. The minimum atomic E-state index is -5.03. The third-order valence-corrected chi connectivity index (χ3v) is 5.51. The topological polar surface area (TPSA) is 82.2 Å². The van der Waals surface area contributed by atoms with Gasteiger partial charge in [0.1, 0.15) is 5.75 Å². The number of para-hydroxylation sites is 1. The maximum absolute atomic E-state index is 13.6. The van der Waals surface area contributed by atoms with Gasteiger partial charge in [0.2, 0.25) is 0 Å². The third-order valence-electron chi connectivity index (χ3n) is 5.51. The van der Waals surface area contributed by atoms with Crippen LogP contribution in [0, 0.1) is 0 Å². The molecule has 0 aliphatic carbocycles. The summed E-state index contributed by atoms with van der Waals surface area (Å²) >= 11 is 0. The molecule has 4 aromatic rings. The number of benzene rings is 2. The summed E-state index contributed by atoms with van der Waals surface area (Å²) in [7, 11) is 1.48. The van der Waals surface area contributed by atoms with Crippen molar-refractivity contribution in [3.63, 3.8) is 0 Å². The molecule has 14 heteroatoms. The Morgan fingerprint density at radius 1 is 1.05 bits per heavy atom. The molecule has 0 radical (unpaired) electrons. The van der Waals surface area contributed by atoms with Gasteiger partial charge in [0.05, 0.1) is 41.7 Å². The molecule has 2 aromatic carbocycles. The van der Waals surface area contributed by atoms with Crippen molar-refractivity contribution in [3.05, 3.63) is 83.3 Å². The number of nitrogens with one attached hydrogen (secondary N) is 1. The average molecular weight is 559 g/mol. The van der Waals surface area contributed by atoms with Gasteiger partial charge in [-0.15, -0.1) is 0 Å². The molecule has 0 aliphatic heterocycles. The van der Waals surface area contributed by atoms with Gasteiger partial charge in [-0.25, -0.2) is 0 Å². The van der Waals surface area contributed by atoms with Crippen LogP contribution in [0.25, 0.3) is 11.3 Å². The molecule has 1 amide bonds. The lowest BCUT2D eigenvalue weighted by molar-refractivity contribution is -0.143. The Labute approximate surface area is 218 Å². The van der Waals surface area contributed by atoms with Crippen molar-refractivity contribution >= 4 is 25.1 Å². The van der Waals surface area contributed by atoms with Crippen LogP contribution in [-0.2, 0) is 12.4 Å². The number of aromatic nitrogens is 3. The number of ether oxygens (including phenoxy) is 1. The molecule has 0 saturated carbocycles. The van der Waals surface area contributed by atoms with Gasteiger partial charge in [-0.1, -0.05) is 23.4 Å². The highest BCUT2D eigenvalue weighted by Crippen LogP contribution is 2.40. The number of hydrogen-bond acceptors (Lipinski definition) is 5. The van der Waals surface area contributed by atoms with Gasteiger partial charge in [0, 0.05) is 12.3 Å². The number of hydrogen-bond donors (Lipinski definition) is 1. The average Bonchev–Trinajstić information content (AvgIpc) is 3.52. The van der Waals surface area contributed by atoms with Crippen molar-refractivity contribution in [3.8, 4) is 17.1 Å². The van der Waals surface area contributed by atoms with Gasteiger partial charge < -0.3 is 14.6 Å². The number of halogens is 6. The van der Waals surface area contributed by atoms with Crippen molar-refractivity contribution < 1.29 is 40.4 Å². The molecule has 0 spiro atoms. The summed E-state index contributed by atoms with van der Waals surface area (Å²) in [6.07, 6.45) is -7.52. The SMILES string of the molecule is COc1ccccc1-c1cc(C(=O)Nc2cnn([C@@H](C)c3ccc(C(F)(F)F)cc3C(F)(F)F)c2)no1.S. The number of amides is 1. The van der Waals surface area contributed by atoms with Crippen molar-refractivity contribution in [1.82, 2.24) is 14.9 Å². The molecule has 2 heterocycles. The normalized spacial score (nSPS) is 12.5. The maximum Gasteiger partial charge on any atom is 0.416 e. The number of alkyl halides is 6. The number of carbonyl (C=O) groups excluding carboxylic acids is 1. The van der Waals surface area contributed by atoms with Gasteiger partial charge in [-0.2, -0.15) is 44.9 Å². The van der Waals surface area contributed by atoms with Crippen LogP contribution in [0.15, 0.2) is 65.4 Å². The van der Waals surface area contributed by atoms with Crippen LogP contribution in [0.1, 0.15) is 40.1 Å². The Balaban J connectivity index is 0.00000400. The minimum Gasteiger partial charge on any atom is -0.496 e. The predicted octanol–water partition coefficient (Wildman–Crippen LogP) is 6.56. The lowest BCUT2D eigenvalue weighted by atomic mass is 9.98. The number of nitrogens with zero attached hydrogens (tertiary/aromatic N) is 3. The van der Waals surface area contributed by atoms with Crippen molar-refractivity contribution in [1.29, 1.82) is 0 Å². The first-order valence-corrected chi connectivity index (χ1v) is 10.6. The molecular formula is C24H20F6N4O3S. The predicted molar refractivity (Wildman–Crippen MR) is 129 cm³/mol. The van der Waals surface area contributed by atoms with E-state index in [1.807, 2.05) is 0 Å². The fourth-order valence-electron chi connectivity index (χ4n) is 3.65. The summed E-state index contributed by atoms with van der Waals surface area (Å²) in [5.74, 6) is 0.0962. The second-order valence-electron chi connectivity index (χ2n) is 7.91. The van der Waals surface area contributed by atoms with E-state index in [4.69, 9.17) is 9.26 Å². The molecule has 0 fully saturated rings. The summed E-state index contributed by atoms with van der Waals surface area (Å²) < 4.78 is 91.1. The van der Waals surface area contributed by atoms with E-state index < -0.39 is 41.0 Å². The van der Waals surface area contributed by atoms with E-state index in [0.29, 0.717) is 17.4 Å². The largest absolute Gasteiger partial charge is 0.496 e. The number of rotatable bonds is 6.